The summed E-state index contributed by atoms with van der Waals surface area (Å²) in [6.07, 6.45) is 1.35. The molecule has 0 radical (unpaired) electrons. The molecule has 0 spiro atoms. The quantitative estimate of drug-likeness (QED) is 0.671. The van der Waals surface area contributed by atoms with Gasteiger partial charge in [-0.2, -0.15) is 5.26 Å². The summed E-state index contributed by atoms with van der Waals surface area (Å²) in [7, 11) is 0. The van der Waals surface area contributed by atoms with Crippen LogP contribution in [0.4, 0.5) is 0 Å². The van der Waals surface area contributed by atoms with E-state index in [0.717, 1.165) is 0 Å². The lowest BCUT2D eigenvalue weighted by Crippen LogP contribution is -1.85. The Kier molecular flexibility index (Phi) is 1.99. The molecule has 2 rings (SSSR count). The van der Waals surface area contributed by atoms with Crippen LogP contribution in [0.25, 0.3) is 10.8 Å². The van der Waals surface area contributed by atoms with E-state index < -0.39 is 0 Å². The largest absolute Gasteiger partial charge is 0.507 e. The summed E-state index contributed by atoms with van der Waals surface area (Å²) >= 11 is 5.83. The molecule has 0 unspecified atom stereocenters. The maximum atomic E-state index is 9.57. The average molecular weight is 205 g/mol. The molecule has 1 aromatic carbocycles. The molecule has 0 fully saturated rings. The SMILES string of the molecule is N#Cc1cnc(Cl)c2cccc(O)c12. The van der Waals surface area contributed by atoms with Crippen LogP contribution in [0.3, 0.4) is 0 Å². The van der Waals surface area contributed by atoms with Gasteiger partial charge in [0.2, 0.25) is 0 Å². The molecule has 0 aliphatic rings. The number of fused-ring (bicyclic) bond motifs is 1. The van der Waals surface area contributed by atoms with Gasteiger partial charge in [0.05, 0.1) is 5.56 Å². The average Bonchev–Trinajstić information content (AvgIpc) is 2.20. The molecule has 0 aliphatic carbocycles. The zero-order chi connectivity index (χ0) is 10.1. The number of phenols is 1. The fraction of sp³-hybridized carbons (Fsp3) is 0. The van der Waals surface area contributed by atoms with Crippen LogP contribution in [0.2, 0.25) is 5.15 Å². The Morgan fingerprint density at radius 3 is 2.93 bits per heavy atom. The fourth-order valence-corrected chi connectivity index (χ4v) is 1.54. The number of halogens is 1. The zero-order valence-electron chi connectivity index (χ0n) is 7.03. The van der Waals surface area contributed by atoms with Gasteiger partial charge < -0.3 is 5.11 Å². The maximum Gasteiger partial charge on any atom is 0.137 e. The van der Waals surface area contributed by atoms with Crippen molar-refractivity contribution in [2.24, 2.45) is 0 Å². The molecule has 0 bridgehead atoms. The van der Waals surface area contributed by atoms with E-state index in [0.29, 0.717) is 16.3 Å². The molecule has 3 nitrogen and oxygen atoms in total. The Hall–Kier alpha value is -1.79. The molecular formula is C10H5ClN2O. The summed E-state index contributed by atoms with van der Waals surface area (Å²) in [6.45, 7) is 0. The Bertz CT molecular complexity index is 546. The monoisotopic (exact) mass is 204 g/mol. The van der Waals surface area contributed by atoms with E-state index in [-0.39, 0.29) is 10.9 Å². The molecular weight excluding hydrogens is 200 g/mol. The standard InChI is InChI=1S/C10H5ClN2O/c11-10-7-2-1-3-8(14)9(7)6(4-12)5-13-10/h1-3,5,14H. The van der Waals surface area contributed by atoms with Crippen LogP contribution in [0, 0.1) is 11.3 Å². The van der Waals surface area contributed by atoms with Crippen molar-refractivity contribution in [1.82, 2.24) is 4.98 Å². The van der Waals surface area contributed by atoms with Crippen molar-refractivity contribution in [2.45, 2.75) is 0 Å². The van der Waals surface area contributed by atoms with E-state index in [2.05, 4.69) is 4.98 Å². The summed E-state index contributed by atoms with van der Waals surface area (Å²) in [4.78, 5) is 3.85. The highest BCUT2D eigenvalue weighted by Gasteiger charge is 2.08. The third kappa shape index (κ3) is 1.17. The molecule has 0 saturated heterocycles. The summed E-state index contributed by atoms with van der Waals surface area (Å²) in [6, 6.07) is 6.84. The number of nitriles is 1. The minimum Gasteiger partial charge on any atom is -0.507 e. The van der Waals surface area contributed by atoms with Crippen molar-refractivity contribution in [1.29, 1.82) is 5.26 Å². The van der Waals surface area contributed by atoms with Crippen LogP contribution in [-0.2, 0) is 0 Å². The van der Waals surface area contributed by atoms with E-state index in [1.807, 2.05) is 6.07 Å². The first-order valence-corrected chi connectivity index (χ1v) is 4.28. The summed E-state index contributed by atoms with van der Waals surface area (Å²) in [5.41, 5.74) is 0.322. The minimum absolute atomic E-state index is 0.0448. The number of hydrogen-bond donors (Lipinski definition) is 1. The molecule has 1 N–H and O–H groups in total. The smallest absolute Gasteiger partial charge is 0.137 e. The lowest BCUT2D eigenvalue weighted by molar-refractivity contribution is 0.481. The number of aromatic nitrogens is 1. The van der Waals surface area contributed by atoms with Crippen molar-refractivity contribution in [3.8, 4) is 11.8 Å². The summed E-state index contributed by atoms with van der Waals surface area (Å²) in [5.74, 6) is 0.0448. The van der Waals surface area contributed by atoms with E-state index in [1.54, 1.807) is 12.1 Å². The van der Waals surface area contributed by atoms with E-state index in [9.17, 15) is 5.11 Å². The van der Waals surface area contributed by atoms with Crippen LogP contribution in [0.15, 0.2) is 24.4 Å². The Morgan fingerprint density at radius 1 is 1.43 bits per heavy atom. The first kappa shape index (κ1) is 8.79. The third-order valence-corrected chi connectivity index (χ3v) is 2.26. The predicted molar refractivity (Wildman–Crippen MR) is 53.1 cm³/mol. The van der Waals surface area contributed by atoms with Crippen molar-refractivity contribution < 1.29 is 5.11 Å². The normalized spacial score (nSPS) is 10.0. The van der Waals surface area contributed by atoms with Gasteiger partial charge in [0.15, 0.2) is 0 Å². The highest BCUT2D eigenvalue weighted by molar-refractivity contribution is 6.34. The van der Waals surface area contributed by atoms with Crippen LogP contribution < -0.4 is 0 Å². The van der Waals surface area contributed by atoms with Gasteiger partial charge in [-0.05, 0) is 6.07 Å². The van der Waals surface area contributed by atoms with Gasteiger partial charge in [0.1, 0.15) is 17.0 Å². The fourth-order valence-electron chi connectivity index (χ4n) is 1.34. The number of hydrogen-bond acceptors (Lipinski definition) is 3. The maximum absolute atomic E-state index is 9.57. The highest BCUT2D eigenvalue weighted by atomic mass is 35.5. The number of pyridine rings is 1. The molecule has 0 atom stereocenters. The molecule has 14 heavy (non-hydrogen) atoms. The molecule has 1 heterocycles. The van der Waals surface area contributed by atoms with Gasteiger partial charge in [0, 0.05) is 17.0 Å². The van der Waals surface area contributed by atoms with Crippen LogP contribution in [-0.4, -0.2) is 10.1 Å². The first-order valence-electron chi connectivity index (χ1n) is 3.90. The Labute approximate surface area is 85.2 Å². The van der Waals surface area contributed by atoms with Crippen LogP contribution in [0.5, 0.6) is 5.75 Å². The van der Waals surface area contributed by atoms with Gasteiger partial charge in [-0.3, -0.25) is 0 Å². The van der Waals surface area contributed by atoms with E-state index in [4.69, 9.17) is 16.9 Å². The van der Waals surface area contributed by atoms with Gasteiger partial charge in [0.25, 0.3) is 0 Å². The molecule has 68 valence electrons. The van der Waals surface area contributed by atoms with E-state index >= 15 is 0 Å². The molecule has 1 aromatic heterocycles. The summed E-state index contributed by atoms with van der Waals surface area (Å²) in [5, 5.41) is 19.7. The van der Waals surface area contributed by atoms with E-state index in [1.165, 1.54) is 12.3 Å². The molecule has 0 aliphatic heterocycles. The second-order valence-electron chi connectivity index (χ2n) is 2.77. The second-order valence-corrected chi connectivity index (χ2v) is 3.13. The topological polar surface area (TPSA) is 56.9 Å². The van der Waals surface area contributed by atoms with Gasteiger partial charge >= 0.3 is 0 Å². The zero-order valence-corrected chi connectivity index (χ0v) is 7.78. The van der Waals surface area contributed by atoms with Crippen LogP contribution in [0.1, 0.15) is 5.56 Å². The van der Waals surface area contributed by atoms with Gasteiger partial charge in [-0.15, -0.1) is 0 Å². The minimum atomic E-state index is 0.0448. The Morgan fingerprint density at radius 2 is 2.21 bits per heavy atom. The highest BCUT2D eigenvalue weighted by Crippen LogP contribution is 2.30. The van der Waals surface area contributed by atoms with Crippen molar-refractivity contribution in [3.63, 3.8) is 0 Å². The van der Waals surface area contributed by atoms with Crippen LogP contribution >= 0.6 is 11.6 Å². The lowest BCUT2D eigenvalue weighted by Gasteiger charge is -2.03. The third-order valence-electron chi connectivity index (χ3n) is 1.96. The molecule has 0 saturated carbocycles. The number of phenolic OH excluding ortho intramolecular Hbond substituents is 1. The number of nitrogens with zero attached hydrogens (tertiary/aromatic N) is 2. The van der Waals surface area contributed by atoms with Crippen molar-refractivity contribution >= 4 is 22.4 Å². The number of rotatable bonds is 0. The second kappa shape index (κ2) is 3.17. The summed E-state index contributed by atoms with van der Waals surface area (Å²) < 4.78 is 0. The Balaban J connectivity index is 3.01. The number of aromatic hydroxyl groups is 1. The first-order chi connectivity index (χ1) is 6.74. The lowest BCUT2D eigenvalue weighted by atomic mass is 10.1. The molecule has 2 aromatic rings. The van der Waals surface area contributed by atoms with Gasteiger partial charge in [-0.25, -0.2) is 4.98 Å². The molecule has 0 amide bonds. The molecule has 4 heteroatoms. The van der Waals surface area contributed by atoms with Gasteiger partial charge in [-0.1, -0.05) is 23.7 Å². The number of benzene rings is 1. The predicted octanol–water partition coefficient (Wildman–Crippen LogP) is 2.47. The van der Waals surface area contributed by atoms with Crippen molar-refractivity contribution in [3.05, 3.63) is 35.1 Å². The van der Waals surface area contributed by atoms with Crippen molar-refractivity contribution in [2.75, 3.05) is 0 Å².